The standard InChI is InChI=1S/C13H23N3O3/c1-13(2,11(17)18)15(3)12(19)14-9-6-8-16-7-4-5-10(9)16/h9-10H,4-8H2,1-3H3,(H,14,19)(H,17,18). The zero-order chi connectivity index (χ0) is 14.2. The Morgan fingerprint density at radius 2 is 2.00 bits per heavy atom. The van der Waals surface area contributed by atoms with Crippen LogP contribution in [0, 0.1) is 0 Å². The monoisotopic (exact) mass is 269 g/mol. The highest BCUT2D eigenvalue weighted by Crippen LogP contribution is 2.28. The van der Waals surface area contributed by atoms with Crippen LogP contribution in [-0.4, -0.2) is 64.7 Å². The number of likely N-dealkylation sites (N-methyl/N-ethyl adjacent to an activating group) is 1. The number of fused-ring (bicyclic) bond motifs is 1. The lowest BCUT2D eigenvalue weighted by atomic mass is 10.0. The molecule has 2 amide bonds. The third kappa shape index (κ3) is 2.54. The number of aliphatic carboxylic acids is 1. The van der Waals surface area contributed by atoms with Gasteiger partial charge in [-0.05, 0) is 39.7 Å². The Kier molecular flexibility index (Phi) is 3.71. The van der Waals surface area contributed by atoms with Crippen LogP contribution in [0.2, 0.25) is 0 Å². The van der Waals surface area contributed by atoms with E-state index in [1.165, 1.54) is 32.2 Å². The normalized spacial score (nSPS) is 27.1. The highest BCUT2D eigenvalue weighted by molar-refractivity contribution is 5.85. The molecule has 2 unspecified atom stereocenters. The first-order valence-corrected chi connectivity index (χ1v) is 6.86. The third-order valence-corrected chi connectivity index (χ3v) is 4.58. The number of hydrogen-bond donors (Lipinski definition) is 2. The lowest BCUT2D eigenvalue weighted by Gasteiger charge is -2.33. The van der Waals surface area contributed by atoms with Crippen LogP contribution in [0.4, 0.5) is 4.79 Å². The molecule has 2 saturated heterocycles. The molecule has 0 saturated carbocycles. The van der Waals surface area contributed by atoms with Crippen molar-refractivity contribution in [2.24, 2.45) is 0 Å². The summed E-state index contributed by atoms with van der Waals surface area (Å²) in [5.41, 5.74) is -1.20. The molecule has 2 fully saturated rings. The molecule has 0 spiro atoms. The van der Waals surface area contributed by atoms with E-state index in [-0.39, 0.29) is 12.1 Å². The van der Waals surface area contributed by atoms with Crippen LogP contribution < -0.4 is 5.32 Å². The summed E-state index contributed by atoms with van der Waals surface area (Å²) in [5.74, 6) is -1.00. The van der Waals surface area contributed by atoms with Crippen molar-refractivity contribution in [2.75, 3.05) is 20.1 Å². The number of rotatable bonds is 3. The van der Waals surface area contributed by atoms with Crippen molar-refractivity contribution < 1.29 is 14.7 Å². The van der Waals surface area contributed by atoms with Crippen molar-refractivity contribution in [3.05, 3.63) is 0 Å². The Balaban J connectivity index is 1.96. The van der Waals surface area contributed by atoms with E-state index in [4.69, 9.17) is 5.11 Å². The molecule has 2 rings (SSSR count). The quantitative estimate of drug-likeness (QED) is 0.792. The fraction of sp³-hybridized carbons (Fsp3) is 0.846. The third-order valence-electron chi connectivity index (χ3n) is 4.58. The van der Waals surface area contributed by atoms with Gasteiger partial charge >= 0.3 is 12.0 Å². The minimum atomic E-state index is -1.20. The van der Waals surface area contributed by atoms with E-state index in [2.05, 4.69) is 10.2 Å². The summed E-state index contributed by atoms with van der Waals surface area (Å²) in [6.07, 6.45) is 3.27. The Labute approximate surface area is 113 Å². The zero-order valence-corrected chi connectivity index (χ0v) is 11.8. The molecule has 0 aromatic rings. The molecule has 0 aromatic heterocycles. The number of carbonyl (C=O) groups is 2. The van der Waals surface area contributed by atoms with E-state index < -0.39 is 11.5 Å². The van der Waals surface area contributed by atoms with Gasteiger partial charge in [0.05, 0.1) is 0 Å². The number of nitrogens with one attached hydrogen (secondary N) is 1. The van der Waals surface area contributed by atoms with Crippen LogP contribution in [0.3, 0.4) is 0 Å². The fourth-order valence-electron chi connectivity index (χ4n) is 2.90. The summed E-state index contributed by atoms with van der Waals surface area (Å²) in [6.45, 7) is 5.21. The lowest BCUT2D eigenvalue weighted by molar-refractivity contribution is -0.146. The second-order valence-electron chi connectivity index (χ2n) is 6.01. The Bertz CT molecular complexity index is 383. The summed E-state index contributed by atoms with van der Waals surface area (Å²) in [6, 6.07) is 0.290. The van der Waals surface area contributed by atoms with Gasteiger partial charge in [-0.2, -0.15) is 0 Å². The van der Waals surface area contributed by atoms with E-state index in [0.29, 0.717) is 6.04 Å². The molecule has 2 N–H and O–H groups in total. The first-order chi connectivity index (χ1) is 8.84. The number of amides is 2. The van der Waals surface area contributed by atoms with Gasteiger partial charge in [-0.1, -0.05) is 0 Å². The summed E-state index contributed by atoms with van der Waals surface area (Å²) in [7, 11) is 1.53. The number of urea groups is 1. The molecule has 0 bridgehead atoms. The first kappa shape index (κ1) is 14.1. The van der Waals surface area contributed by atoms with E-state index in [1.807, 2.05) is 0 Å². The van der Waals surface area contributed by atoms with Gasteiger partial charge in [-0.15, -0.1) is 0 Å². The molecule has 108 valence electrons. The highest BCUT2D eigenvalue weighted by Gasteiger charge is 2.40. The molecule has 19 heavy (non-hydrogen) atoms. The Morgan fingerprint density at radius 3 is 2.63 bits per heavy atom. The van der Waals surface area contributed by atoms with E-state index in [0.717, 1.165) is 25.9 Å². The average Bonchev–Trinajstić information content (AvgIpc) is 2.92. The Morgan fingerprint density at radius 1 is 1.32 bits per heavy atom. The number of nitrogens with zero attached hydrogens (tertiary/aromatic N) is 2. The maximum atomic E-state index is 12.2. The van der Waals surface area contributed by atoms with Crippen LogP contribution in [-0.2, 0) is 4.79 Å². The molecule has 2 aliphatic rings. The summed E-state index contributed by atoms with van der Waals surface area (Å²) >= 11 is 0. The molecule has 2 heterocycles. The van der Waals surface area contributed by atoms with Crippen molar-refractivity contribution in [1.82, 2.24) is 15.1 Å². The van der Waals surface area contributed by atoms with Gasteiger partial charge in [0.15, 0.2) is 0 Å². The number of carbonyl (C=O) groups excluding carboxylic acids is 1. The predicted molar refractivity (Wildman–Crippen MR) is 71.0 cm³/mol. The van der Waals surface area contributed by atoms with Crippen LogP contribution in [0.15, 0.2) is 0 Å². The average molecular weight is 269 g/mol. The maximum Gasteiger partial charge on any atom is 0.329 e. The first-order valence-electron chi connectivity index (χ1n) is 6.86. The molecule has 0 aliphatic carbocycles. The SMILES string of the molecule is CN(C(=O)NC1CCN2CCCC12)C(C)(C)C(=O)O. The van der Waals surface area contributed by atoms with Crippen molar-refractivity contribution in [3.63, 3.8) is 0 Å². The summed E-state index contributed by atoms with van der Waals surface area (Å²) < 4.78 is 0. The van der Waals surface area contributed by atoms with Crippen molar-refractivity contribution >= 4 is 12.0 Å². The molecule has 2 atom stereocenters. The number of carboxylic acids is 1. The van der Waals surface area contributed by atoms with E-state index in [9.17, 15) is 9.59 Å². The van der Waals surface area contributed by atoms with Crippen LogP contribution in [0.5, 0.6) is 0 Å². The van der Waals surface area contributed by atoms with Crippen molar-refractivity contribution in [3.8, 4) is 0 Å². The topological polar surface area (TPSA) is 72.9 Å². The predicted octanol–water partition coefficient (Wildman–Crippen LogP) is 0.728. The second-order valence-corrected chi connectivity index (χ2v) is 6.01. The molecule has 6 heteroatoms. The minimum Gasteiger partial charge on any atom is -0.480 e. The number of carboxylic acid groups (broad SMARTS) is 1. The minimum absolute atomic E-state index is 0.155. The maximum absolute atomic E-state index is 12.2. The molecule has 0 aromatic carbocycles. The van der Waals surface area contributed by atoms with Gasteiger partial charge in [0.2, 0.25) is 0 Å². The van der Waals surface area contributed by atoms with Gasteiger partial charge in [-0.3, -0.25) is 4.90 Å². The van der Waals surface area contributed by atoms with Gasteiger partial charge in [-0.25, -0.2) is 9.59 Å². The Hall–Kier alpha value is -1.30. The second kappa shape index (κ2) is 5.00. The van der Waals surface area contributed by atoms with Gasteiger partial charge in [0.25, 0.3) is 0 Å². The summed E-state index contributed by atoms with van der Waals surface area (Å²) in [4.78, 5) is 27.0. The van der Waals surface area contributed by atoms with Crippen molar-refractivity contribution in [1.29, 1.82) is 0 Å². The molecular weight excluding hydrogens is 246 g/mol. The van der Waals surface area contributed by atoms with Gasteiger partial charge < -0.3 is 15.3 Å². The number of hydrogen-bond acceptors (Lipinski definition) is 3. The van der Waals surface area contributed by atoms with Crippen LogP contribution in [0.1, 0.15) is 33.1 Å². The van der Waals surface area contributed by atoms with E-state index >= 15 is 0 Å². The van der Waals surface area contributed by atoms with Gasteiger partial charge in [0, 0.05) is 25.7 Å². The molecule has 6 nitrogen and oxygen atoms in total. The smallest absolute Gasteiger partial charge is 0.329 e. The van der Waals surface area contributed by atoms with Crippen LogP contribution >= 0.6 is 0 Å². The molecular formula is C13H23N3O3. The van der Waals surface area contributed by atoms with E-state index in [1.54, 1.807) is 0 Å². The van der Waals surface area contributed by atoms with Crippen LogP contribution in [0.25, 0.3) is 0 Å². The summed E-state index contributed by atoms with van der Waals surface area (Å²) in [5, 5.41) is 12.1. The largest absolute Gasteiger partial charge is 0.480 e. The lowest BCUT2D eigenvalue weighted by Crippen LogP contribution is -2.56. The fourth-order valence-corrected chi connectivity index (χ4v) is 2.90. The van der Waals surface area contributed by atoms with Crippen molar-refractivity contribution in [2.45, 2.75) is 50.7 Å². The highest BCUT2D eigenvalue weighted by atomic mass is 16.4. The molecule has 2 aliphatic heterocycles. The molecule has 0 radical (unpaired) electrons. The zero-order valence-electron chi connectivity index (χ0n) is 11.8. The van der Waals surface area contributed by atoms with Gasteiger partial charge in [0.1, 0.15) is 5.54 Å².